The van der Waals surface area contributed by atoms with Crippen LogP contribution in [0.5, 0.6) is 0 Å². The van der Waals surface area contributed by atoms with Crippen LogP contribution in [0.15, 0.2) is 40.4 Å². The molecule has 1 aromatic carbocycles. The molecule has 0 aliphatic carbocycles. The number of rotatable bonds is 3. The van der Waals surface area contributed by atoms with Crippen LogP contribution in [-0.2, 0) is 4.79 Å². The van der Waals surface area contributed by atoms with E-state index >= 15 is 0 Å². The van der Waals surface area contributed by atoms with Crippen molar-refractivity contribution in [1.82, 2.24) is 5.43 Å². The van der Waals surface area contributed by atoms with E-state index in [1.54, 1.807) is 0 Å². The molecule has 0 fully saturated rings. The fraction of sp³-hybridized carbons (Fsp3) is 0.182. The predicted molar refractivity (Wildman–Crippen MR) is 65.5 cm³/mol. The monoisotopic (exact) mass is 212 g/mol. The summed E-state index contributed by atoms with van der Waals surface area (Å²) in [4.78, 5) is 15.8. The van der Waals surface area contributed by atoms with Gasteiger partial charge in [-0.25, -0.2) is 10.4 Å². The van der Waals surface area contributed by atoms with Gasteiger partial charge >= 0.3 is 0 Å². The zero-order valence-corrected chi connectivity index (χ0v) is 8.97. The van der Waals surface area contributed by atoms with Gasteiger partial charge in [0.25, 0.3) is 5.91 Å². The first-order chi connectivity index (χ1) is 7.81. The third kappa shape index (κ3) is 2.19. The number of hydrazone groups is 1. The Morgan fingerprint density at radius 3 is 2.81 bits per heavy atom. The van der Waals surface area contributed by atoms with E-state index in [1.807, 2.05) is 44.4 Å². The van der Waals surface area contributed by atoms with E-state index in [4.69, 9.17) is 0 Å². The highest BCUT2D eigenvalue weighted by atomic mass is 16.2. The van der Waals surface area contributed by atoms with Gasteiger partial charge in [0.05, 0.1) is 11.4 Å². The Labute approximate surface area is 94.7 Å². The average molecular weight is 212 g/mol. The Kier molecular flexibility index (Phi) is 3.15. The van der Waals surface area contributed by atoms with Crippen LogP contribution in [0.25, 0.3) is 0 Å². The SMILES string of the molecule is C[B]CC1=NNC(=O)C1=Nc1ccccc1. The molecule has 4 nitrogen and oxygen atoms in total. The molecule has 0 unspecified atom stereocenters. The summed E-state index contributed by atoms with van der Waals surface area (Å²) in [5.74, 6) is -0.235. The fourth-order valence-corrected chi connectivity index (χ4v) is 1.44. The predicted octanol–water partition coefficient (Wildman–Crippen LogP) is 1.42. The molecule has 1 aliphatic rings. The van der Waals surface area contributed by atoms with Gasteiger partial charge < -0.3 is 0 Å². The molecule has 5 heteroatoms. The molecule has 1 aliphatic heterocycles. The standard InChI is InChI=1S/C11H11BN3O/c1-12-7-9-10(11(16)15-14-9)13-8-5-3-2-4-6-8/h2-6H,7H2,1H3,(H,13,15,16). The van der Waals surface area contributed by atoms with E-state index in [0.717, 1.165) is 5.69 Å². The van der Waals surface area contributed by atoms with Gasteiger partial charge in [-0.05, 0) is 18.5 Å². The second-order valence-corrected chi connectivity index (χ2v) is 3.41. The van der Waals surface area contributed by atoms with Crippen LogP contribution in [-0.4, -0.2) is 24.6 Å². The molecule has 1 aromatic rings. The van der Waals surface area contributed by atoms with Gasteiger partial charge in [-0.3, -0.25) is 4.79 Å². The lowest BCUT2D eigenvalue weighted by Gasteiger charge is -1.98. The fourth-order valence-electron chi connectivity index (χ4n) is 1.44. The van der Waals surface area contributed by atoms with Crippen LogP contribution >= 0.6 is 0 Å². The first kappa shape index (κ1) is 10.6. The normalized spacial score (nSPS) is 17.2. The molecule has 1 radical (unpaired) electrons. The third-order valence-corrected chi connectivity index (χ3v) is 2.18. The van der Waals surface area contributed by atoms with Gasteiger partial charge in [-0.2, -0.15) is 5.10 Å². The van der Waals surface area contributed by atoms with Gasteiger partial charge in [-0.1, -0.05) is 25.0 Å². The minimum Gasteiger partial charge on any atom is -0.265 e. The minimum atomic E-state index is -0.235. The molecular weight excluding hydrogens is 201 g/mol. The number of para-hydroxylation sites is 1. The topological polar surface area (TPSA) is 53.8 Å². The number of carbonyl (C=O) groups is 1. The van der Waals surface area contributed by atoms with E-state index in [1.165, 1.54) is 0 Å². The lowest BCUT2D eigenvalue weighted by molar-refractivity contribution is -0.114. The Hall–Kier alpha value is -1.91. The van der Waals surface area contributed by atoms with Crippen LogP contribution < -0.4 is 5.43 Å². The molecule has 0 spiro atoms. The van der Waals surface area contributed by atoms with Gasteiger partial charge in [0.1, 0.15) is 7.28 Å². The number of carbonyl (C=O) groups excluding carboxylic acids is 1. The van der Waals surface area contributed by atoms with Crippen LogP contribution in [0.1, 0.15) is 0 Å². The smallest absolute Gasteiger partial charge is 0.265 e. The summed E-state index contributed by atoms with van der Waals surface area (Å²) in [7, 11) is 1.94. The van der Waals surface area contributed by atoms with E-state index in [0.29, 0.717) is 17.7 Å². The van der Waals surface area contributed by atoms with Gasteiger partial charge in [-0.15, -0.1) is 0 Å². The summed E-state index contributed by atoms with van der Waals surface area (Å²) in [6.07, 6.45) is 0.643. The lowest BCUT2D eigenvalue weighted by Crippen LogP contribution is -2.23. The second kappa shape index (κ2) is 4.74. The molecule has 79 valence electrons. The number of hydrogen-bond acceptors (Lipinski definition) is 3. The lowest BCUT2D eigenvalue weighted by atomic mass is 9.75. The molecule has 1 amide bonds. The second-order valence-electron chi connectivity index (χ2n) is 3.41. The number of hydrogen-bond donors (Lipinski definition) is 1. The highest BCUT2D eigenvalue weighted by molar-refractivity contribution is 6.72. The van der Waals surface area contributed by atoms with Crippen molar-refractivity contribution in [2.75, 3.05) is 0 Å². The van der Waals surface area contributed by atoms with Crippen molar-refractivity contribution in [3.8, 4) is 0 Å². The Balaban J connectivity index is 2.28. The summed E-state index contributed by atoms with van der Waals surface area (Å²) < 4.78 is 0. The molecule has 1 N–H and O–H groups in total. The summed E-state index contributed by atoms with van der Waals surface area (Å²) in [5.41, 5.74) is 4.28. The maximum Gasteiger partial charge on any atom is 0.291 e. The van der Waals surface area contributed by atoms with Crippen LogP contribution in [0.4, 0.5) is 5.69 Å². The largest absolute Gasteiger partial charge is 0.291 e. The van der Waals surface area contributed by atoms with Gasteiger partial charge in [0, 0.05) is 0 Å². The average Bonchev–Trinajstić information content (AvgIpc) is 2.64. The van der Waals surface area contributed by atoms with Crippen LogP contribution in [0, 0.1) is 0 Å². The first-order valence-electron chi connectivity index (χ1n) is 5.10. The third-order valence-electron chi connectivity index (χ3n) is 2.18. The number of amides is 1. The maximum atomic E-state index is 11.5. The van der Waals surface area contributed by atoms with Crippen molar-refractivity contribution in [3.63, 3.8) is 0 Å². The molecule has 0 bridgehead atoms. The van der Waals surface area contributed by atoms with Crippen molar-refractivity contribution in [2.24, 2.45) is 10.1 Å². The maximum absolute atomic E-state index is 11.5. The first-order valence-corrected chi connectivity index (χ1v) is 5.10. The van der Waals surface area contributed by atoms with E-state index in [9.17, 15) is 4.79 Å². The summed E-state index contributed by atoms with van der Waals surface area (Å²) >= 11 is 0. The number of nitrogens with zero attached hydrogens (tertiary/aromatic N) is 2. The van der Waals surface area contributed by atoms with Gasteiger partial charge in [0.2, 0.25) is 0 Å². The van der Waals surface area contributed by atoms with Crippen molar-refractivity contribution >= 4 is 30.3 Å². The highest BCUT2D eigenvalue weighted by Crippen LogP contribution is 2.12. The van der Waals surface area contributed by atoms with E-state index in [-0.39, 0.29) is 5.91 Å². The van der Waals surface area contributed by atoms with E-state index in [2.05, 4.69) is 15.5 Å². The van der Waals surface area contributed by atoms with Crippen LogP contribution in [0.2, 0.25) is 13.1 Å². The Bertz CT molecular complexity index is 454. The van der Waals surface area contributed by atoms with E-state index < -0.39 is 0 Å². The number of aliphatic imine (C=N–C) groups is 1. The highest BCUT2D eigenvalue weighted by Gasteiger charge is 2.23. The minimum absolute atomic E-state index is 0.235. The number of benzene rings is 1. The zero-order chi connectivity index (χ0) is 11.4. The Morgan fingerprint density at radius 1 is 1.38 bits per heavy atom. The molecule has 2 rings (SSSR count). The molecule has 1 heterocycles. The molecular formula is C11H11BN3O. The van der Waals surface area contributed by atoms with Crippen molar-refractivity contribution < 1.29 is 4.79 Å². The van der Waals surface area contributed by atoms with Crippen molar-refractivity contribution in [3.05, 3.63) is 30.3 Å². The zero-order valence-electron chi connectivity index (χ0n) is 8.97. The number of nitrogens with one attached hydrogen (secondary N) is 1. The molecule has 0 atom stereocenters. The molecule has 0 saturated carbocycles. The van der Waals surface area contributed by atoms with Crippen molar-refractivity contribution in [2.45, 2.75) is 13.1 Å². The molecule has 16 heavy (non-hydrogen) atoms. The van der Waals surface area contributed by atoms with Gasteiger partial charge in [0.15, 0.2) is 5.71 Å². The Morgan fingerprint density at radius 2 is 2.12 bits per heavy atom. The molecule has 0 saturated heterocycles. The summed E-state index contributed by atoms with van der Waals surface area (Å²) in [5, 5.41) is 3.94. The van der Waals surface area contributed by atoms with Crippen molar-refractivity contribution in [1.29, 1.82) is 0 Å². The van der Waals surface area contributed by atoms with Crippen LogP contribution in [0.3, 0.4) is 0 Å². The quantitative estimate of drug-likeness (QED) is 0.756. The summed E-state index contributed by atoms with van der Waals surface area (Å²) in [6.45, 7) is 1.92. The summed E-state index contributed by atoms with van der Waals surface area (Å²) in [6, 6.07) is 9.38. The molecule has 0 aromatic heterocycles.